The summed E-state index contributed by atoms with van der Waals surface area (Å²) in [5, 5.41) is 7.41. The molecule has 0 spiro atoms. The third-order valence-corrected chi connectivity index (χ3v) is 10.8. The van der Waals surface area contributed by atoms with E-state index in [1.165, 1.54) is 54.6 Å². The van der Waals surface area contributed by atoms with Crippen LogP contribution < -0.4 is 9.80 Å². The topological polar surface area (TPSA) is 6.48 Å². The van der Waals surface area contributed by atoms with E-state index >= 15 is 0 Å². The van der Waals surface area contributed by atoms with E-state index < -0.39 is 0 Å². The van der Waals surface area contributed by atoms with Crippen LogP contribution in [-0.2, 0) is 0 Å². The zero-order chi connectivity index (χ0) is 37.3. The third-order valence-electron chi connectivity index (χ3n) is 10.8. The highest BCUT2D eigenvalue weighted by Gasteiger charge is 2.21. The van der Waals surface area contributed by atoms with E-state index in [4.69, 9.17) is 0 Å². The summed E-state index contributed by atoms with van der Waals surface area (Å²) in [6.07, 6.45) is 0. The highest BCUT2D eigenvalue weighted by atomic mass is 15.2. The summed E-state index contributed by atoms with van der Waals surface area (Å²) in [4.78, 5) is 4.69. The number of fused-ring (bicyclic) bond motifs is 3. The molecule has 56 heavy (non-hydrogen) atoms. The van der Waals surface area contributed by atoms with Crippen LogP contribution in [0, 0.1) is 0 Å². The normalized spacial score (nSPS) is 11.2. The first-order valence-corrected chi connectivity index (χ1v) is 19.2. The molecule has 0 saturated heterocycles. The molecule has 0 aliphatic carbocycles. The molecule has 0 atom stereocenters. The van der Waals surface area contributed by atoms with Crippen LogP contribution in [0.4, 0.5) is 34.1 Å². The molecule has 0 bridgehead atoms. The van der Waals surface area contributed by atoms with Crippen molar-refractivity contribution in [2.24, 2.45) is 0 Å². The van der Waals surface area contributed by atoms with Gasteiger partial charge in [-0.15, -0.1) is 0 Å². The van der Waals surface area contributed by atoms with Crippen LogP contribution in [0.25, 0.3) is 54.6 Å². The van der Waals surface area contributed by atoms with Crippen LogP contribution in [0.3, 0.4) is 0 Å². The maximum absolute atomic E-state index is 2.39. The Morgan fingerprint density at radius 3 is 1.09 bits per heavy atom. The summed E-state index contributed by atoms with van der Waals surface area (Å²) < 4.78 is 0. The minimum absolute atomic E-state index is 1.09. The van der Waals surface area contributed by atoms with E-state index in [-0.39, 0.29) is 0 Å². The van der Waals surface area contributed by atoms with Gasteiger partial charge in [0, 0.05) is 33.8 Å². The van der Waals surface area contributed by atoms with Gasteiger partial charge in [0.15, 0.2) is 0 Å². The first kappa shape index (κ1) is 33.2. The number of benzene rings is 10. The fourth-order valence-corrected chi connectivity index (χ4v) is 8.40. The molecule has 0 radical (unpaired) electrons. The summed E-state index contributed by atoms with van der Waals surface area (Å²) in [6.45, 7) is 0. The first-order valence-electron chi connectivity index (χ1n) is 19.2. The van der Waals surface area contributed by atoms with Crippen LogP contribution in [0.15, 0.2) is 231 Å². The Balaban J connectivity index is 1.16. The van der Waals surface area contributed by atoms with Gasteiger partial charge in [0.1, 0.15) is 0 Å². The zero-order valence-electron chi connectivity index (χ0n) is 30.8. The number of hydrogen-bond donors (Lipinski definition) is 0. The van der Waals surface area contributed by atoms with E-state index in [0.29, 0.717) is 0 Å². The Labute approximate surface area is 327 Å². The summed E-state index contributed by atoms with van der Waals surface area (Å²) in [7, 11) is 0. The lowest BCUT2D eigenvalue weighted by Crippen LogP contribution is -2.12. The molecule has 0 fully saturated rings. The molecule has 0 N–H and O–H groups in total. The maximum Gasteiger partial charge on any atom is 0.0540 e. The van der Waals surface area contributed by atoms with Crippen molar-refractivity contribution in [1.82, 2.24) is 0 Å². The summed E-state index contributed by atoms with van der Waals surface area (Å²) in [6, 6.07) is 82.9. The molecule has 10 aromatic rings. The van der Waals surface area contributed by atoms with Gasteiger partial charge < -0.3 is 9.80 Å². The minimum atomic E-state index is 1.09. The largest absolute Gasteiger partial charge is 0.311 e. The Morgan fingerprint density at radius 1 is 0.214 bits per heavy atom. The van der Waals surface area contributed by atoms with E-state index in [1.54, 1.807) is 0 Å². The molecule has 0 heterocycles. The van der Waals surface area contributed by atoms with Gasteiger partial charge in [0.2, 0.25) is 0 Å². The van der Waals surface area contributed by atoms with Crippen LogP contribution in [0.1, 0.15) is 0 Å². The second kappa shape index (κ2) is 14.4. The van der Waals surface area contributed by atoms with E-state index in [1.807, 2.05) is 0 Å². The molecule has 2 heteroatoms. The summed E-state index contributed by atoms with van der Waals surface area (Å²) in [5.74, 6) is 0. The fourth-order valence-electron chi connectivity index (χ4n) is 8.40. The minimum Gasteiger partial charge on any atom is -0.311 e. The highest BCUT2D eigenvalue weighted by molar-refractivity contribution is 6.24. The number of hydrogen-bond acceptors (Lipinski definition) is 2. The Hall–Kier alpha value is -7.42. The predicted molar refractivity (Wildman–Crippen MR) is 239 cm³/mol. The molecule has 0 unspecified atom stereocenters. The zero-order valence-corrected chi connectivity index (χ0v) is 30.8. The molecule has 0 amide bonds. The summed E-state index contributed by atoms with van der Waals surface area (Å²) >= 11 is 0. The average molecular weight is 715 g/mol. The monoisotopic (exact) mass is 714 g/mol. The van der Waals surface area contributed by atoms with Crippen molar-refractivity contribution in [2.75, 3.05) is 9.80 Å². The lowest BCUT2D eigenvalue weighted by molar-refractivity contribution is 1.26. The predicted octanol–water partition coefficient (Wildman–Crippen LogP) is 15.4. The van der Waals surface area contributed by atoms with Gasteiger partial charge in [0.05, 0.1) is 5.69 Å². The van der Waals surface area contributed by atoms with Crippen molar-refractivity contribution < 1.29 is 0 Å². The lowest BCUT2D eigenvalue weighted by atomic mass is 9.84. The van der Waals surface area contributed by atoms with Gasteiger partial charge in [-0.3, -0.25) is 0 Å². The van der Waals surface area contributed by atoms with Crippen molar-refractivity contribution >= 4 is 66.4 Å². The van der Waals surface area contributed by atoms with E-state index in [2.05, 4.69) is 240 Å². The molecule has 264 valence electrons. The number of nitrogens with zero attached hydrogens (tertiary/aromatic N) is 2. The second-order valence-electron chi connectivity index (χ2n) is 14.1. The molecule has 0 aromatic heterocycles. The van der Waals surface area contributed by atoms with E-state index in [9.17, 15) is 0 Å². The summed E-state index contributed by atoms with van der Waals surface area (Å²) in [5.41, 5.74) is 11.6. The maximum atomic E-state index is 2.39. The Bertz CT molecular complexity index is 2850. The Kier molecular flexibility index (Phi) is 8.55. The van der Waals surface area contributed by atoms with Gasteiger partial charge in [-0.25, -0.2) is 0 Å². The van der Waals surface area contributed by atoms with Crippen LogP contribution in [-0.4, -0.2) is 0 Å². The van der Waals surface area contributed by atoms with Gasteiger partial charge in [-0.2, -0.15) is 0 Å². The van der Waals surface area contributed by atoms with Crippen LogP contribution >= 0.6 is 0 Å². The number of para-hydroxylation sites is 3. The third kappa shape index (κ3) is 5.85. The molecule has 0 saturated carbocycles. The van der Waals surface area contributed by atoms with E-state index in [0.717, 1.165) is 34.1 Å². The van der Waals surface area contributed by atoms with Crippen molar-refractivity contribution in [3.8, 4) is 22.3 Å². The van der Waals surface area contributed by atoms with Crippen LogP contribution in [0.2, 0.25) is 0 Å². The van der Waals surface area contributed by atoms with Crippen molar-refractivity contribution in [3.63, 3.8) is 0 Å². The fraction of sp³-hybridized carbons (Fsp3) is 0. The molecular formula is C54H38N2. The van der Waals surface area contributed by atoms with Gasteiger partial charge in [0.25, 0.3) is 0 Å². The Morgan fingerprint density at radius 2 is 0.571 bits per heavy atom. The van der Waals surface area contributed by atoms with Crippen LogP contribution in [0.5, 0.6) is 0 Å². The highest BCUT2D eigenvalue weighted by Crippen LogP contribution is 2.47. The van der Waals surface area contributed by atoms with Gasteiger partial charge in [-0.05, 0) is 116 Å². The molecule has 10 rings (SSSR count). The molecule has 10 aromatic carbocycles. The smallest absolute Gasteiger partial charge is 0.0540 e. The molecule has 0 aliphatic heterocycles. The van der Waals surface area contributed by atoms with Crippen molar-refractivity contribution in [2.45, 2.75) is 0 Å². The number of rotatable bonds is 8. The molecular weight excluding hydrogens is 677 g/mol. The van der Waals surface area contributed by atoms with Crippen molar-refractivity contribution in [3.05, 3.63) is 231 Å². The average Bonchev–Trinajstić information content (AvgIpc) is 3.27. The second-order valence-corrected chi connectivity index (χ2v) is 14.1. The first-order chi connectivity index (χ1) is 27.8. The quantitative estimate of drug-likeness (QED) is 0.145. The van der Waals surface area contributed by atoms with Gasteiger partial charge in [-0.1, -0.05) is 164 Å². The number of anilines is 6. The molecule has 2 nitrogen and oxygen atoms in total. The SMILES string of the molecule is c1ccc(-c2c3ccccc3c(-c3cccc4c(N(c5ccccc5)c5ccc(N(c6ccccc6)c6ccccc6)cc5)cccc34)c3ccccc23)cc1. The van der Waals surface area contributed by atoms with Gasteiger partial charge >= 0.3 is 0 Å². The lowest BCUT2D eigenvalue weighted by Gasteiger charge is -2.29. The van der Waals surface area contributed by atoms with Crippen molar-refractivity contribution in [1.29, 1.82) is 0 Å². The molecule has 0 aliphatic rings. The standard InChI is InChI=1S/C54H38N2/c1-5-19-39(20-6-1)53-48-27-13-15-29-50(48)54(51-30-16-14-28-49(51)53)47-33-17-32-46-45(47)31-18-34-52(46)56(42-25-11-4-12-26-42)44-37-35-43(36-38-44)55(40-21-7-2-8-22-40)41-23-9-3-10-24-41/h1-38H.